The van der Waals surface area contributed by atoms with Crippen molar-refractivity contribution in [3.63, 3.8) is 0 Å². The van der Waals surface area contributed by atoms with Gasteiger partial charge in [0.15, 0.2) is 5.96 Å². The third kappa shape index (κ3) is 8.77. The van der Waals surface area contributed by atoms with E-state index in [1.807, 2.05) is 13.8 Å². The lowest BCUT2D eigenvalue weighted by Gasteiger charge is -2.24. The van der Waals surface area contributed by atoms with E-state index in [4.69, 9.17) is 15.2 Å². The number of amides is 2. The van der Waals surface area contributed by atoms with Gasteiger partial charge in [-0.05, 0) is 36.0 Å². The van der Waals surface area contributed by atoms with Crippen LogP contribution in [0.1, 0.15) is 57.9 Å². The number of ether oxygens (including phenoxy) is 2. The van der Waals surface area contributed by atoms with Crippen molar-refractivity contribution in [2.75, 3.05) is 20.8 Å². The molecule has 1 aromatic rings. The summed E-state index contributed by atoms with van der Waals surface area (Å²) in [5.41, 5.74) is 6.75. The van der Waals surface area contributed by atoms with Crippen molar-refractivity contribution in [3.8, 4) is 11.5 Å². The van der Waals surface area contributed by atoms with Crippen molar-refractivity contribution < 1.29 is 19.1 Å². The first kappa shape index (κ1) is 25.5. The van der Waals surface area contributed by atoms with Crippen LogP contribution in [0.3, 0.4) is 0 Å². The third-order valence-corrected chi connectivity index (χ3v) is 5.61. The quantitative estimate of drug-likeness (QED) is 0.378. The first-order valence-corrected chi connectivity index (χ1v) is 11.4. The lowest BCUT2D eigenvalue weighted by Crippen LogP contribution is -2.42. The first-order chi connectivity index (χ1) is 15.3. The van der Waals surface area contributed by atoms with Crippen molar-refractivity contribution in [1.29, 1.82) is 0 Å². The Hall–Kier alpha value is -2.77. The van der Waals surface area contributed by atoms with Crippen LogP contribution in [-0.2, 0) is 16.0 Å². The second-order valence-corrected chi connectivity index (χ2v) is 8.85. The molecule has 0 spiro atoms. The highest BCUT2D eigenvalue weighted by Crippen LogP contribution is 2.28. The minimum atomic E-state index is -0.603. The molecule has 1 saturated carbocycles. The molecule has 8 heteroatoms. The average molecular weight is 447 g/mol. The number of nitrogens with one attached hydrogen (secondary N) is 2. The number of hydrogen-bond donors (Lipinski definition) is 3. The Balaban J connectivity index is 2.04. The maximum absolute atomic E-state index is 12.8. The Bertz CT molecular complexity index is 766. The van der Waals surface area contributed by atoms with Crippen molar-refractivity contribution in [2.24, 2.45) is 22.6 Å². The van der Waals surface area contributed by atoms with Gasteiger partial charge in [-0.15, -0.1) is 0 Å². The number of carbonyl (C=O) groups excluding carboxylic acids is 2. The van der Waals surface area contributed by atoms with Gasteiger partial charge in [0.2, 0.25) is 11.8 Å². The summed E-state index contributed by atoms with van der Waals surface area (Å²) in [5.74, 6) is 1.50. The molecule has 0 bridgehead atoms. The zero-order valence-corrected chi connectivity index (χ0v) is 19.8. The van der Waals surface area contributed by atoms with Crippen molar-refractivity contribution >= 4 is 17.8 Å². The number of guanidine groups is 1. The van der Waals surface area contributed by atoms with E-state index in [0.29, 0.717) is 36.3 Å². The van der Waals surface area contributed by atoms with Gasteiger partial charge in [-0.3, -0.25) is 14.9 Å². The molecule has 1 atom stereocenters. The molecule has 1 aliphatic carbocycles. The van der Waals surface area contributed by atoms with E-state index in [0.717, 1.165) is 18.4 Å². The maximum atomic E-state index is 12.8. The molecule has 2 amide bonds. The Morgan fingerprint density at radius 2 is 1.72 bits per heavy atom. The van der Waals surface area contributed by atoms with Crippen molar-refractivity contribution in [3.05, 3.63) is 23.8 Å². The summed E-state index contributed by atoms with van der Waals surface area (Å²) >= 11 is 0. The summed E-state index contributed by atoms with van der Waals surface area (Å²) in [5, 5.41) is 5.57. The van der Waals surface area contributed by atoms with Crippen LogP contribution in [-0.4, -0.2) is 44.6 Å². The molecule has 0 aliphatic heterocycles. The summed E-state index contributed by atoms with van der Waals surface area (Å²) in [6.07, 6.45) is 6.55. The monoisotopic (exact) mass is 446 g/mol. The number of nitrogens with two attached hydrogens (primary N) is 1. The van der Waals surface area contributed by atoms with E-state index in [9.17, 15) is 9.59 Å². The van der Waals surface area contributed by atoms with E-state index in [-0.39, 0.29) is 24.2 Å². The second-order valence-electron chi connectivity index (χ2n) is 8.85. The van der Waals surface area contributed by atoms with Crippen molar-refractivity contribution in [2.45, 2.75) is 64.8 Å². The van der Waals surface area contributed by atoms with Crippen LogP contribution < -0.4 is 25.8 Å². The van der Waals surface area contributed by atoms with Gasteiger partial charge in [0, 0.05) is 12.6 Å². The molecule has 0 unspecified atom stereocenters. The molecule has 0 saturated heterocycles. The number of rotatable bonds is 10. The zero-order chi connectivity index (χ0) is 23.5. The number of benzene rings is 1. The summed E-state index contributed by atoms with van der Waals surface area (Å²) in [7, 11) is 3.11. The zero-order valence-electron chi connectivity index (χ0n) is 19.8. The summed E-state index contributed by atoms with van der Waals surface area (Å²) < 4.78 is 10.5. The molecule has 1 fully saturated rings. The minimum Gasteiger partial charge on any atom is -0.497 e. The number of aliphatic imine (C=N–C) groups is 1. The predicted molar refractivity (Wildman–Crippen MR) is 126 cm³/mol. The first-order valence-electron chi connectivity index (χ1n) is 11.4. The van der Waals surface area contributed by atoms with Crippen LogP contribution in [0.5, 0.6) is 11.5 Å². The predicted octanol–water partition coefficient (Wildman–Crippen LogP) is 2.79. The third-order valence-electron chi connectivity index (χ3n) is 5.61. The van der Waals surface area contributed by atoms with Crippen LogP contribution in [0.4, 0.5) is 0 Å². The minimum absolute atomic E-state index is 0.0367. The van der Waals surface area contributed by atoms with Gasteiger partial charge < -0.3 is 20.5 Å². The van der Waals surface area contributed by atoms with Gasteiger partial charge in [0.1, 0.15) is 17.5 Å². The average Bonchev–Trinajstić information content (AvgIpc) is 2.77. The highest BCUT2D eigenvalue weighted by Gasteiger charge is 2.24. The fraction of sp³-hybridized carbons (Fsp3) is 0.625. The van der Waals surface area contributed by atoms with Gasteiger partial charge in [-0.25, -0.2) is 4.99 Å². The molecule has 0 radical (unpaired) electrons. The van der Waals surface area contributed by atoms with Gasteiger partial charge in [0.25, 0.3) is 0 Å². The van der Waals surface area contributed by atoms with Gasteiger partial charge in [-0.2, -0.15) is 0 Å². The molecular weight excluding hydrogens is 408 g/mol. The number of hydrogen-bond acceptors (Lipinski definition) is 5. The summed E-state index contributed by atoms with van der Waals surface area (Å²) in [6, 6.07) is 4.67. The van der Waals surface area contributed by atoms with Crippen LogP contribution in [0.2, 0.25) is 0 Å². The van der Waals surface area contributed by atoms with Crippen molar-refractivity contribution in [1.82, 2.24) is 10.6 Å². The molecule has 0 heterocycles. The number of carbonyl (C=O) groups is 2. The van der Waals surface area contributed by atoms with E-state index in [1.165, 1.54) is 19.3 Å². The topological polar surface area (TPSA) is 115 Å². The van der Waals surface area contributed by atoms with Crippen LogP contribution >= 0.6 is 0 Å². The Morgan fingerprint density at radius 1 is 1.09 bits per heavy atom. The fourth-order valence-electron chi connectivity index (χ4n) is 3.92. The molecule has 0 aromatic heterocycles. The molecule has 2 rings (SSSR count). The Morgan fingerprint density at radius 3 is 2.28 bits per heavy atom. The van der Waals surface area contributed by atoms with Gasteiger partial charge >= 0.3 is 0 Å². The van der Waals surface area contributed by atoms with E-state index in [1.54, 1.807) is 32.4 Å². The van der Waals surface area contributed by atoms with E-state index < -0.39 is 6.04 Å². The summed E-state index contributed by atoms with van der Waals surface area (Å²) in [6.45, 7) is 4.67. The molecule has 32 heavy (non-hydrogen) atoms. The maximum Gasteiger partial charge on any atom is 0.244 e. The molecule has 8 nitrogen and oxygen atoms in total. The highest BCUT2D eigenvalue weighted by molar-refractivity contribution is 5.98. The molecule has 4 N–H and O–H groups in total. The number of nitrogens with zero attached hydrogens (tertiary/aromatic N) is 1. The lowest BCUT2D eigenvalue weighted by molar-refractivity contribution is -0.123. The largest absolute Gasteiger partial charge is 0.497 e. The SMILES string of the molecule is COc1cc(CC(=O)NC(N)=N[C@H](CC2CCCCC2)C(=O)NCC(C)C)cc(OC)c1. The molecule has 1 aliphatic rings. The van der Waals surface area contributed by atoms with Crippen LogP contribution in [0.25, 0.3) is 0 Å². The van der Waals surface area contributed by atoms with E-state index in [2.05, 4.69) is 15.6 Å². The molecular formula is C24H38N4O4. The van der Waals surface area contributed by atoms with Crippen LogP contribution in [0.15, 0.2) is 23.2 Å². The van der Waals surface area contributed by atoms with E-state index >= 15 is 0 Å². The summed E-state index contributed by atoms with van der Waals surface area (Å²) in [4.78, 5) is 29.7. The van der Waals surface area contributed by atoms with Crippen LogP contribution in [0, 0.1) is 11.8 Å². The Labute approximate surface area is 191 Å². The normalized spacial score (nSPS) is 15.8. The number of methoxy groups -OCH3 is 2. The lowest BCUT2D eigenvalue weighted by atomic mass is 9.84. The molecule has 178 valence electrons. The van der Waals surface area contributed by atoms with Gasteiger partial charge in [0.05, 0.1) is 20.6 Å². The fourth-order valence-corrected chi connectivity index (χ4v) is 3.92. The smallest absolute Gasteiger partial charge is 0.244 e. The van der Waals surface area contributed by atoms with Gasteiger partial charge in [-0.1, -0.05) is 46.0 Å². The standard InChI is InChI=1S/C24H38N4O4/c1-16(2)15-26-23(30)21(12-17-8-6-5-7-9-17)27-24(25)28-22(29)13-18-10-19(31-3)14-20(11-18)32-4/h10-11,14,16-17,21H,5-9,12-13,15H2,1-4H3,(H,26,30)(H3,25,27,28,29)/t21-/m1/s1. The second kappa shape index (κ2) is 12.9. The molecule has 1 aromatic carbocycles. The Kier molecular flexibility index (Phi) is 10.3. The highest BCUT2D eigenvalue weighted by atomic mass is 16.5.